The molecule has 1 atom stereocenters. The van der Waals surface area contributed by atoms with Gasteiger partial charge in [0.15, 0.2) is 0 Å². The molecule has 4 heteroatoms. The minimum atomic E-state index is 0.782. The Morgan fingerprint density at radius 1 is 0.793 bits per heavy atom. The molecule has 1 aromatic carbocycles. The van der Waals surface area contributed by atoms with E-state index in [-0.39, 0.29) is 0 Å². The number of hydrogen-bond donors (Lipinski definition) is 0. The van der Waals surface area contributed by atoms with E-state index in [0.717, 1.165) is 18.3 Å². The summed E-state index contributed by atoms with van der Waals surface area (Å²) in [4.78, 5) is 1.22. The van der Waals surface area contributed by atoms with Gasteiger partial charge in [-0.05, 0) is 47.9 Å². The summed E-state index contributed by atoms with van der Waals surface area (Å²) in [6.07, 6.45) is 4.89. The summed E-state index contributed by atoms with van der Waals surface area (Å²) >= 11 is 7.56. The van der Waals surface area contributed by atoms with Crippen molar-refractivity contribution < 1.29 is 0 Å². The second-order valence-electron chi connectivity index (χ2n) is 8.38. The summed E-state index contributed by atoms with van der Waals surface area (Å²) in [7, 11) is 0. The van der Waals surface area contributed by atoms with Crippen LogP contribution in [0.15, 0.2) is 29.6 Å². The van der Waals surface area contributed by atoms with Crippen LogP contribution in [-0.4, -0.2) is 0 Å². The zero-order valence-electron chi connectivity index (χ0n) is 17.0. The maximum atomic E-state index is 3.44. The van der Waals surface area contributed by atoms with Crippen LogP contribution in [0.3, 0.4) is 0 Å². The second-order valence-corrected chi connectivity index (χ2v) is 12.5. The Morgan fingerprint density at radius 2 is 1.59 bits per heavy atom. The average Bonchev–Trinajstić information content (AvgIpc) is 3.41. The number of fused-ring (bicyclic) bond motifs is 6. The van der Waals surface area contributed by atoms with Gasteiger partial charge in [0, 0.05) is 36.0 Å². The molecule has 0 aliphatic carbocycles. The smallest absolute Gasteiger partial charge is 0.0789 e. The predicted molar refractivity (Wildman–Crippen MR) is 137 cm³/mol. The van der Waals surface area contributed by atoms with Crippen LogP contribution < -0.4 is 0 Å². The molecule has 0 amide bonds. The monoisotopic (exact) mass is 452 g/mol. The fourth-order valence-corrected chi connectivity index (χ4v) is 8.58. The third kappa shape index (κ3) is 3.86. The van der Waals surface area contributed by atoms with E-state index >= 15 is 0 Å². The number of rotatable bonds is 5. The van der Waals surface area contributed by atoms with E-state index in [9.17, 15) is 0 Å². The molecule has 4 aromatic heterocycles. The Kier molecular flexibility index (Phi) is 5.43. The molecule has 0 aliphatic rings. The van der Waals surface area contributed by atoms with Gasteiger partial charge in [0.2, 0.25) is 0 Å². The van der Waals surface area contributed by atoms with E-state index in [1.54, 1.807) is 0 Å². The van der Waals surface area contributed by atoms with Gasteiger partial charge in [0.05, 0.1) is 14.3 Å². The van der Waals surface area contributed by atoms with Crippen LogP contribution in [0.5, 0.6) is 0 Å². The van der Waals surface area contributed by atoms with Crippen molar-refractivity contribution in [3.8, 4) is 11.8 Å². The fourth-order valence-electron chi connectivity index (χ4n) is 3.83. The summed E-state index contributed by atoms with van der Waals surface area (Å²) in [6, 6.07) is 9.36. The normalized spacial score (nSPS) is 13.1. The van der Waals surface area contributed by atoms with Gasteiger partial charge in [-0.25, -0.2) is 0 Å². The Morgan fingerprint density at radius 3 is 2.41 bits per heavy atom. The Labute approximate surface area is 188 Å². The minimum Gasteiger partial charge on any atom is -0.142 e. The van der Waals surface area contributed by atoms with Crippen LogP contribution in [0.4, 0.5) is 0 Å². The van der Waals surface area contributed by atoms with Gasteiger partial charge in [-0.3, -0.25) is 0 Å². The first-order valence-corrected chi connectivity index (χ1v) is 13.7. The lowest BCUT2D eigenvalue weighted by Gasteiger charge is -2.10. The molecule has 0 fully saturated rings. The Hall–Kier alpha value is -1.38. The van der Waals surface area contributed by atoms with E-state index in [1.807, 2.05) is 45.3 Å². The molecular weight excluding hydrogens is 429 g/mol. The molecule has 4 heterocycles. The molecule has 1 unspecified atom stereocenters. The largest absolute Gasteiger partial charge is 0.142 e. The lowest BCUT2D eigenvalue weighted by Crippen LogP contribution is -1.97. The van der Waals surface area contributed by atoms with Crippen LogP contribution >= 0.6 is 45.3 Å². The molecule has 29 heavy (non-hydrogen) atoms. The van der Waals surface area contributed by atoms with Crippen LogP contribution in [0.1, 0.15) is 51.3 Å². The summed E-state index contributed by atoms with van der Waals surface area (Å²) in [6.45, 7) is 6.99. The Balaban J connectivity index is 1.38. The first-order chi connectivity index (χ1) is 14.1. The second kappa shape index (κ2) is 8.04. The van der Waals surface area contributed by atoms with Gasteiger partial charge in [-0.1, -0.05) is 45.5 Å². The van der Waals surface area contributed by atoms with E-state index in [2.05, 4.69) is 62.3 Å². The average molecular weight is 453 g/mol. The highest BCUT2D eigenvalue weighted by Crippen LogP contribution is 2.45. The van der Waals surface area contributed by atoms with Crippen molar-refractivity contribution in [1.82, 2.24) is 0 Å². The molecule has 0 radical (unpaired) electrons. The van der Waals surface area contributed by atoms with Crippen molar-refractivity contribution in [3.63, 3.8) is 0 Å². The summed E-state index contributed by atoms with van der Waals surface area (Å²) in [5.41, 5.74) is 0. The predicted octanol–water partition coefficient (Wildman–Crippen LogP) is 9.75. The molecule has 0 saturated carbocycles. The summed E-state index contributed by atoms with van der Waals surface area (Å²) in [5, 5.41) is 5.03. The maximum Gasteiger partial charge on any atom is 0.0789 e. The van der Waals surface area contributed by atoms with E-state index < -0.39 is 0 Å². The molecule has 0 nitrogen and oxygen atoms in total. The molecular formula is C25H24S4. The van der Waals surface area contributed by atoms with Crippen molar-refractivity contribution in [2.45, 2.75) is 46.5 Å². The molecule has 5 rings (SSSR count). The fraction of sp³-hybridized carbons (Fsp3) is 0.360. The molecule has 0 N–H and O–H groups in total. The number of hydrogen-bond acceptors (Lipinski definition) is 4. The standard InChI is InChI=1S/C25H24S4/c1-15(2)8-9-16(3)6-4-5-7-17-12-23-25(27-17)19-13-18-21(14-22(19)29-23)28-20-10-11-26-24(18)20/h10-16H,4,6,8-9H2,1-3H3. The van der Waals surface area contributed by atoms with Gasteiger partial charge in [-0.2, -0.15) is 0 Å². The van der Waals surface area contributed by atoms with Crippen LogP contribution in [-0.2, 0) is 0 Å². The zero-order valence-corrected chi connectivity index (χ0v) is 20.3. The quantitative estimate of drug-likeness (QED) is 0.233. The molecule has 5 aromatic rings. The molecule has 0 bridgehead atoms. The van der Waals surface area contributed by atoms with Crippen molar-refractivity contribution in [3.05, 3.63) is 34.5 Å². The third-order valence-corrected chi connectivity index (χ3v) is 10.1. The van der Waals surface area contributed by atoms with Gasteiger partial charge in [0.1, 0.15) is 0 Å². The highest BCUT2D eigenvalue weighted by Gasteiger charge is 2.13. The lowest BCUT2D eigenvalue weighted by atomic mass is 9.96. The summed E-state index contributed by atoms with van der Waals surface area (Å²) < 4.78 is 8.48. The number of benzene rings is 1. The van der Waals surface area contributed by atoms with Crippen LogP contribution in [0.25, 0.3) is 39.0 Å². The van der Waals surface area contributed by atoms with E-state index in [0.29, 0.717) is 0 Å². The van der Waals surface area contributed by atoms with Crippen molar-refractivity contribution >= 4 is 84.3 Å². The third-order valence-electron chi connectivity index (χ3n) is 5.55. The van der Waals surface area contributed by atoms with Gasteiger partial charge >= 0.3 is 0 Å². The lowest BCUT2D eigenvalue weighted by molar-refractivity contribution is 0.432. The van der Waals surface area contributed by atoms with Crippen LogP contribution in [0, 0.1) is 23.7 Å². The topological polar surface area (TPSA) is 0 Å². The maximum absolute atomic E-state index is 3.44. The first kappa shape index (κ1) is 19.6. The molecule has 0 saturated heterocycles. The minimum absolute atomic E-state index is 0.782. The van der Waals surface area contributed by atoms with Crippen molar-refractivity contribution in [2.24, 2.45) is 11.8 Å². The van der Waals surface area contributed by atoms with Crippen LogP contribution in [0.2, 0.25) is 0 Å². The van der Waals surface area contributed by atoms with Gasteiger partial charge in [-0.15, -0.1) is 45.3 Å². The highest BCUT2D eigenvalue weighted by molar-refractivity contribution is 7.34. The van der Waals surface area contributed by atoms with E-state index in [4.69, 9.17) is 0 Å². The molecule has 0 aliphatic heterocycles. The first-order valence-electron chi connectivity index (χ1n) is 10.3. The SMILES string of the molecule is CC(C)CCC(C)CCC#Cc1cc2sc3cc4sc5ccsc5c4cc3c2s1. The van der Waals surface area contributed by atoms with Gasteiger partial charge < -0.3 is 0 Å². The van der Waals surface area contributed by atoms with E-state index in [1.165, 1.54) is 63.1 Å². The zero-order chi connectivity index (χ0) is 20.0. The number of thiophene rings is 4. The Bertz CT molecular complexity index is 1360. The molecule has 0 spiro atoms. The van der Waals surface area contributed by atoms with Crippen molar-refractivity contribution in [1.29, 1.82) is 0 Å². The highest BCUT2D eigenvalue weighted by atomic mass is 32.1. The molecule has 148 valence electrons. The van der Waals surface area contributed by atoms with Gasteiger partial charge in [0.25, 0.3) is 0 Å². The summed E-state index contributed by atoms with van der Waals surface area (Å²) in [5.74, 6) is 8.47. The van der Waals surface area contributed by atoms with Crippen molar-refractivity contribution in [2.75, 3.05) is 0 Å².